The molecule has 60 heavy (non-hydrogen) atoms. The topological polar surface area (TPSA) is 95.2 Å². The van der Waals surface area contributed by atoms with Gasteiger partial charge in [0, 0.05) is 68.2 Å². The average Bonchev–Trinajstić information content (AvgIpc) is 4.09. The van der Waals surface area contributed by atoms with Gasteiger partial charge in [0.05, 0.1) is 9.06 Å². The molecule has 0 saturated heterocycles. The van der Waals surface area contributed by atoms with Crippen LogP contribution in [0.3, 0.4) is 0 Å². The highest BCUT2D eigenvalue weighted by Gasteiger charge is 2.24. The Bertz CT molecular complexity index is 3510. The Morgan fingerprint density at radius 1 is 0.417 bits per heavy atom. The first-order chi connectivity index (χ1) is 29.2. The fraction of sp³-hybridized carbons (Fsp3) is 0.0800. The van der Waals surface area contributed by atoms with E-state index in [1.54, 1.807) is 22.7 Å². The van der Waals surface area contributed by atoms with Crippen molar-refractivity contribution < 1.29 is 0 Å². The van der Waals surface area contributed by atoms with E-state index in [4.69, 9.17) is 0 Å². The van der Waals surface area contributed by atoms with Crippen molar-refractivity contribution in [2.75, 3.05) is 0 Å². The number of thiophene rings is 6. The SMILES string of the molecule is Cc1cccc(C)c1-c1c2cc(/C=c3\cc/c(=c4/ccc(=C(C#N)C#N)s4)s3)sc2c(-c2c(C)cccc2C)c2cc(/C=c3\cc/c(=c4/ccc(=C(C#N)C#N)s4)s3)sc12. The predicted molar refractivity (Wildman–Crippen MR) is 255 cm³/mol. The standard InChI is InChI=1S/C50H30N4S6/c1-27-7-5-8-28(2)45(27)47-37-21-35(19-33-11-13-41(55-33)43-17-15-39(59-43)31(23-51)24-52)58-50(37)48(46-29(3)9-6-10-30(46)4)38-22-36(57-49(38)47)20-34-12-14-42(56-34)44-18-16-40(60-44)32(25-53)26-54/h5-22H,1-4H3/b33-19+,34-20+,43-41+,44-42+. The minimum absolute atomic E-state index is 0.140. The Morgan fingerprint density at radius 2 is 0.767 bits per heavy atom. The molecule has 0 unspecified atom stereocenters. The Labute approximate surface area is 369 Å². The zero-order chi connectivity index (χ0) is 41.7. The van der Waals surface area contributed by atoms with Crippen LogP contribution in [0.4, 0.5) is 0 Å². The van der Waals surface area contributed by atoms with Gasteiger partial charge in [-0.05, 0) is 134 Å². The van der Waals surface area contributed by atoms with E-state index in [0.29, 0.717) is 9.06 Å². The first kappa shape index (κ1) is 39.3. The Morgan fingerprint density at radius 3 is 1.13 bits per heavy atom. The van der Waals surface area contributed by atoms with Crippen molar-refractivity contribution in [2.24, 2.45) is 0 Å². The Balaban J connectivity index is 1.32. The van der Waals surface area contributed by atoms with Crippen LogP contribution in [0.2, 0.25) is 0 Å². The zero-order valence-electron chi connectivity index (χ0n) is 32.6. The summed E-state index contributed by atoms with van der Waals surface area (Å²) in [6.45, 7) is 8.86. The van der Waals surface area contributed by atoms with E-state index in [2.05, 4.69) is 113 Å². The monoisotopic (exact) mass is 878 g/mol. The van der Waals surface area contributed by atoms with Crippen LogP contribution in [0.1, 0.15) is 32.0 Å². The van der Waals surface area contributed by atoms with Crippen LogP contribution in [0.15, 0.2) is 97.1 Å². The van der Waals surface area contributed by atoms with Crippen LogP contribution in [-0.2, 0) is 0 Å². The molecule has 0 fully saturated rings. The molecular weight excluding hydrogens is 849 g/mol. The van der Waals surface area contributed by atoms with Gasteiger partial charge in [0.15, 0.2) is 0 Å². The van der Waals surface area contributed by atoms with Gasteiger partial charge in [-0.25, -0.2) is 0 Å². The smallest absolute Gasteiger partial charge is 0.146 e. The molecule has 0 amide bonds. The van der Waals surface area contributed by atoms with E-state index in [9.17, 15) is 21.0 Å². The van der Waals surface area contributed by atoms with Crippen molar-refractivity contribution >= 4 is 111 Å². The number of hydrogen-bond donors (Lipinski definition) is 0. The molecule has 0 aliphatic heterocycles. The summed E-state index contributed by atoms with van der Waals surface area (Å²) in [5.74, 6) is 0. The molecule has 0 spiro atoms. The molecule has 286 valence electrons. The van der Waals surface area contributed by atoms with Gasteiger partial charge >= 0.3 is 0 Å². The molecule has 0 N–H and O–H groups in total. The van der Waals surface area contributed by atoms with Crippen molar-refractivity contribution in [3.05, 3.63) is 165 Å². The molecule has 9 aromatic rings. The van der Waals surface area contributed by atoms with E-state index in [1.165, 1.54) is 97.1 Å². The summed E-state index contributed by atoms with van der Waals surface area (Å²) in [4.78, 5) is 2.35. The molecular formula is C50H30N4S6. The van der Waals surface area contributed by atoms with E-state index < -0.39 is 0 Å². The summed E-state index contributed by atoms with van der Waals surface area (Å²) in [7, 11) is 0. The van der Waals surface area contributed by atoms with Gasteiger partial charge < -0.3 is 0 Å². The lowest BCUT2D eigenvalue weighted by Crippen LogP contribution is -1.93. The van der Waals surface area contributed by atoms with Gasteiger partial charge in [-0.1, -0.05) is 36.4 Å². The molecule has 0 atom stereocenters. The first-order valence-corrected chi connectivity index (χ1v) is 23.7. The number of nitriles is 4. The van der Waals surface area contributed by atoms with Gasteiger partial charge in [0.25, 0.3) is 0 Å². The fourth-order valence-corrected chi connectivity index (χ4v) is 14.3. The van der Waals surface area contributed by atoms with Crippen molar-refractivity contribution in [1.29, 1.82) is 21.0 Å². The quantitative estimate of drug-likeness (QED) is 0.176. The van der Waals surface area contributed by atoms with Gasteiger partial charge in [-0.2, -0.15) is 21.0 Å². The molecule has 10 heteroatoms. The Hall–Kier alpha value is -6.18. The van der Waals surface area contributed by atoms with Crippen LogP contribution in [-0.4, -0.2) is 0 Å². The number of hydrogen-bond acceptors (Lipinski definition) is 10. The third-order valence-corrected chi connectivity index (χ3v) is 17.3. The molecule has 0 radical (unpaired) electrons. The minimum Gasteiger partial charge on any atom is -0.192 e. The number of aryl methyl sites for hydroxylation is 4. The van der Waals surface area contributed by atoms with Crippen LogP contribution >= 0.6 is 68.0 Å². The van der Waals surface area contributed by atoms with E-state index in [0.717, 1.165) is 27.2 Å². The molecule has 0 aliphatic carbocycles. The lowest BCUT2D eigenvalue weighted by Gasteiger charge is -2.18. The van der Waals surface area contributed by atoms with Crippen LogP contribution in [0.5, 0.6) is 0 Å². The molecule has 0 bridgehead atoms. The number of rotatable bonds is 4. The summed E-state index contributed by atoms with van der Waals surface area (Å²) in [5, 5.41) is 40.1. The lowest BCUT2D eigenvalue weighted by atomic mass is 9.87. The average molecular weight is 879 g/mol. The van der Waals surface area contributed by atoms with Gasteiger partial charge in [0.2, 0.25) is 0 Å². The lowest BCUT2D eigenvalue weighted by molar-refractivity contribution is 1.39. The minimum atomic E-state index is 0.140. The largest absolute Gasteiger partial charge is 0.192 e. The van der Waals surface area contributed by atoms with Crippen molar-refractivity contribution in [3.63, 3.8) is 0 Å². The van der Waals surface area contributed by atoms with Crippen LogP contribution in [0.25, 0.3) is 65.7 Å². The Kier molecular flexibility index (Phi) is 10.6. The number of benzene rings is 3. The second-order valence-electron chi connectivity index (χ2n) is 14.3. The number of fused-ring (bicyclic) bond motifs is 2. The third-order valence-electron chi connectivity index (χ3n) is 10.4. The second kappa shape index (κ2) is 16.1. The second-order valence-corrected chi connectivity index (χ2v) is 20.9. The molecule has 0 aliphatic rings. The summed E-state index contributed by atoms with van der Waals surface area (Å²) < 4.78 is 10.5. The maximum absolute atomic E-state index is 9.40. The summed E-state index contributed by atoms with van der Waals surface area (Å²) >= 11 is 10.1. The third kappa shape index (κ3) is 7.05. The zero-order valence-corrected chi connectivity index (χ0v) is 37.5. The van der Waals surface area contributed by atoms with E-state index in [1.807, 2.05) is 71.2 Å². The van der Waals surface area contributed by atoms with Crippen molar-refractivity contribution in [2.45, 2.75) is 27.7 Å². The number of nitrogens with zero attached hydrogens (tertiary/aromatic N) is 4. The molecule has 3 aromatic carbocycles. The molecule has 0 saturated carbocycles. The molecule has 4 nitrogen and oxygen atoms in total. The molecule has 6 aromatic heterocycles. The maximum atomic E-state index is 9.40. The first-order valence-electron chi connectivity index (χ1n) is 18.8. The van der Waals surface area contributed by atoms with Crippen LogP contribution < -0.4 is 18.1 Å². The maximum Gasteiger partial charge on any atom is 0.146 e. The molecule has 9 rings (SSSR count). The highest BCUT2D eigenvalue weighted by Crippen LogP contribution is 2.51. The van der Waals surface area contributed by atoms with Crippen molar-refractivity contribution in [3.8, 4) is 46.5 Å². The predicted octanol–water partition coefficient (Wildman–Crippen LogP) is 11.6. The van der Waals surface area contributed by atoms with E-state index in [-0.39, 0.29) is 11.1 Å². The normalized spacial score (nSPS) is 13.0. The van der Waals surface area contributed by atoms with Crippen molar-refractivity contribution in [1.82, 2.24) is 0 Å². The summed E-state index contributed by atoms with van der Waals surface area (Å²) in [5.41, 5.74) is 10.3. The van der Waals surface area contributed by atoms with Gasteiger partial charge in [-0.15, -0.1) is 68.0 Å². The summed E-state index contributed by atoms with van der Waals surface area (Å²) in [6, 6.07) is 42.2. The van der Waals surface area contributed by atoms with Gasteiger partial charge in [0.1, 0.15) is 35.4 Å². The molecule has 6 heterocycles. The fourth-order valence-electron chi connectivity index (χ4n) is 7.75. The van der Waals surface area contributed by atoms with E-state index >= 15 is 0 Å². The highest BCUT2D eigenvalue weighted by molar-refractivity contribution is 7.23. The van der Waals surface area contributed by atoms with Crippen LogP contribution in [0, 0.1) is 91.1 Å². The highest BCUT2D eigenvalue weighted by atomic mass is 32.1. The summed E-state index contributed by atoms with van der Waals surface area (Å²) in [6.07, 6.45) is 4.58. The van der Waals surface area contributed by atoms with Gasteiger partial charge in [-0.3, -0.25) is 0 Å².